The summed E-state index contributed by atoms with van der Waals surface area (Å²) in [5, 5.41) is 2.97. The Kier molecular flexibility index (Phi) is 7.15. The maximum atomic E-state index is 12.3. The monoisotopic (exact) mass is 395 g/mol. The molecule has 1 amide bonds. The van der Waals surface area contributed by atoms with Crippen LogP contribution in [0.5, 0.6) is 5.75 Å². The van der Waals surface area contributed by atoms with E-state index < -0.39 is 0 Å². The molecule has 0 atom stereocenters. The van der Waals surface area contributed by atoms with Crippen molar-refractivity contribution in [1.29, 1.82) is 0 Å². The van der Waals surface area contributed by atoms with Crippen molar-refractivity contribution in [2.24, 2.45) is 0 Å². The molecule has 0 bridgehead atoms. The Morgan fingerprint density at radius 3 is 2.48 bits per heavy atom. The van der Waals surface area contributed by atoms with E-state index in [-0.39, 0.29) is 5.91 Å². The molecule has 1 aliphatic heterocycles. The van der Waals surface area contributed by atoms with E-state index in [1.807, 2.05) is 19.1 Å². The van der Waals surface area contributed by atoms with Gasteiger partial charge in [-0.2, -0.15) is 0 Å². The lowest BCUT2D eigenvalue weighted by Crippen LogP contribution is -2.50. The molecule has 1 aliphatic rings. The van der Waals surface area contributed by atoms with Gasteiger partial charge < -0.3 is 15.0 Å². The van der Waals surface area contributed by atoms with Crippen molar-refractivity contribution in [3.8, 4) is 5.75 Å². The molecule has 5 heteroatoms. The molecule has 1 heterocycles. The summed E-state index contributed by atoms with van der Waals surface area (Å²) in [6, 6.07) is 12.6. The van der Waals surface area contributed by atoms with E-state index in [2.05, 4.69) is 60.2 Å². The average molecular weight is 396 g/mol. The second-order valence-corrected chi connectivity index (χ2v) is 7.95. The Morgan fingerprint density at radius 2 is 1.76 bits per heavy atom. The van der Waals surface area contributed by atoms with Gasteiger partial charge in [-0.05, 0) is 56.5 Å². The van der Waals surface area contributed by atoms with Crippen molar-refractivity contribution < 1.29 is 9.53 Å². The molecule has 0 spiro atoms. The smallest absolute Gasteiger partial charge is 0.234 e. The Balaban J connectivity index is 1.37. The van der Waals surface area contributed by atoms with Gasteiger partial charge in [0.1, 0.15) is 12.4 Å². The fourth-order valence-corrected chi connectivity index (χ4v) is 3.80. The minimum Gasteiger partial charge on any atom is -0.491 e. The topological polar surface area (TPSA) is 44.8 Å². The molecule has 156 valence electrons. The number of anilines is 1. The first-order valence-corrected chi connectivity index (χ1v) is 10.4. The highest BCUT2D eigenvalue weighted by Gasteiger charge is 2.20. The largest absolute Gasteiger partial charge is 0.491 e. The lowest BCUT2D eigenvalue weighted by Gasteiger charge is -2.36. The Hall–Kier alpha value is -2.53. The average Bonchev–Trinajstić information content (AvgIpc) is 2.69. The van der Waals surface area contributed by atoms with E-state index in [0.29, 0.717) is 19.7 Å². The maximum absolute atomic E-state index is 12.3. The van der Waals surface area contributed by atoms with Gasteiger partial charge >= 0.3 is 0 Å². The SMILES string of the molecule is Cc1ccc(OCCNC(=O)CN2CCN(c3cccc(C)c3C)CC2)c(C)c1. The number of nitrogens with one attached hydrogen (secondary N) is 1. The van der Waals surface area contributed by atoms with Gasteiger partial charge in [0.15, 0.2) is 0 Å². The summed E-state index contributed by atoms with van der Waals surface area (Å²) in [5.74, 6) is 0.946. The van der Waals surface area contributed by atoms with Crippen LogP contribution in [0.1, 0.15) is 22.3 Å². The van der Waals surface area contributed by atoms with Crippen LogP contribution in [0.4, 0.5) is 5.69 Å². The summed E-state index contributed by atoms with van der Waals surface area (Å²) >= 11 is 0. The zero-order chi connectivity index (χ0) is 20.8. The predicted octanol–water partition coefficient (Wildman–Crippen LogP) is 3.24. The van der Waals surface area contributed by atoms with Crippen molar-refractivity contribution in [3.63, 3.8) is 0 Å². The standard InChI is InChI=1S/C24H33N3O2/c1-18-8-9-23(20(3)16-18)29-15-10-25-24(28)17-26-11-13-27(14-12-26)22-7-5-6-19(2)21(22)4/h5-9,16H,10-15,17H2,1-4H3,(H,25,28). The summed E-state index contributed by atoms with van der Waals surface area (Å²) in [7, 11) is 0. The van der Waals surface area contributed by atoms with Gasteiger partial charge in [0, 0.05) is 31.9 Å². The first kappa shape index (κ1) is 21.2. The highest BCUT2D eigenvalue weighted by molar-refractivity contribution is 5.78. The van der Waals surface area contributed by atoms with Crippen molar-refractivity contribution >= 4 is 11.6 Å². The van der Waals surface area contributed by atoms with Crippen LogP contribution < -0.4 is 15.0 Å². The highest BCUT2D eigenvalue weighted by atomic mass is 16.5. The van der Waals surface area contributed by atoms with Crippen LogP contribution in [0.15, 0.2) is 36.4 Å². The third kappa shape index (κ3) is 5.73. The predicted molar refractivity (Wildman–Crippen MR) is 119 cm³/mol. The van der Waals surface area contributed by atoms with Gasteiger partial charge in [-0.1, -0.05) is 29.8 Å². The van der Waals surface area contributed by atoms with Gasteiger partial charge in [0.2, 0.25) is 5.91 Å². The van der Waals surface area contributed by atoms with Crippen LogP contribution in [-0.4, -0.2) is 56.7 Å². The molecule has 0 unspecified atom stereocenters. The second-order valence-electron chi connectivity index (χ2n) is 7.95. The molecule has 0 aromatic heterocycles. The summed E-state index contributed by atoms with van der Waals surface area (Å²) in [4.78, 5) is 16.9. The molecule has 3 rings (SSSR count). The molecular formula is C24H33N3O2. The van der Waals surface area contributed by atoms with Crippen molar-refractivity contribution in [2.75, 3.05) is 50.8 Å². The molecule has 1 fully saturated rings. The van der Waals surface area contributed by atoms with Crippen LogP contribution in [0.2, 0.25) is 0 Å². The van der Waals surface area contributed by atoms with Crippen LogP contribution in [0.3, 0.4) is 0 Å². The van der Waals surface area contributed by atoms with Crippen molar-refractivity contribution in [1.82, 2.24) is 10.2 Å². The fraction of sp³-hybridized carbons (Fsp3) is 0.458. The number of rotatable bonds is 7. The zero-order valence-corrected chi connectivity index (χ0v) is 18.1. The number of hydrogen-bond acceptors (Lipinski definition) is 4. The molecular weight excluding hydrogens is 362 g/mol. The summed E-state index contributed by atoms with van der Waals surface area (Å²) in [6.07, 6.45) is 0. The number of carbonyl (C=O) groups is 1. The minimum atomic E-state index is 0.0643. The number of benzene rings is 2. The van der Waals surface area contributed by atoms with Crippen LogP contribution in [0, 0.1) is 27.7 Å². The number of amides is 1. The Bertz CT molecular complexity index is 842. The molecule has 0 radical (unpaired) electrons. The van der Waals surface area contributed by atoms with Gasteiger partial charge in [0.25, 0.3) is 0 Å². The highest BCUT2D eigenvalue weighted by Crippen LogP contribution is 2.23. The quantitative estimate of drug-likeness (QED) is 0.731. The van der Waals surface area contributed by atoms with E-state index >= 15 is 0 Å². The number of ether oxygens (including phenoxy) is 1. The molecule has 0 aliphatic carbocycles. The minimum absolute atomic E-state index is 0.0643. The molecule has 0 saturated carbocycles. The molecule has 1 N–H and O–H groups in total. The van der Waals surface area contributed by atoms with E-state index in [1.54, 1.807) is 0 Å². The van der Waals surface area contributed by atoms with Gasteiger partial charge in [-0.15, -0.1) is 0 Å². The Morgan fingerprint density at radius 1 is 1.00 bits per heavy atom. The second kappa shape index (κ2) is 9.79. The van der Waals surface area contributed by atoms with Gasteiger partial charge in [0.05, 0.1) is 13.1 Å². The van der Waals surface area contributed by atoms with Crippen LogP contribution in [0.25, 0.3) is 0 Å². The third-order valence-electron chi connectivity index (χ3n) is 5.67. The molecule has 5 nitrogen and oxygen atoms in total. The molecule has 1 saturated heterocycles. The first-order valence-electron chi connectivity index (χ1n) is 10.4. The number of nitrogens with zero attached hydrogens (tertiary/aromatic N) is 2. The lowest BCUT2D eigenvalue weighted by molar-refractivity contribution is -0.122. The van der Waals surface area contributed by atoms with Crippen molar-refractivity contribution in [2.45, 2.75) is 27.7 Å². The summed E-state index contributed by atoms with van der Waals surface area (Å²) in [5.41, 5.74) is 6.34. The van der Waals surface area contributed by atoms with Gasteiger partial charge in [-0.25, -0.2) is 0 Å². The first-order chi connectivity index (χ1) is 13.9. The van der Waals surface area contributed by atoms with Gasteiger partial charge in [-0.3, -0.25) is 9.69 Å². The Labute approximate surface area is 174 Å². The van der Waals surface area contributed by atoms with E-state index in [9.17, 15) is 4.79 Å². The fourth-order valence-electron chi connectivity index (χ4n) is 3.80. The number of piperazine rings is 1. The summed E-state index contributed by atoms with van der Waals surface area (Å²) < 4.78 is 5.78. The lowest BCUT2D eigenvalue weighted by atomic mass is 10.1. The van der Waals surface area contributed by atoms with E-state index in [0.717, 1.165) is 37.5 Å². The van der Waals surface area contributed by atoms with Crippen LogP contribution >= 0.6 is 0 Å². The number of aryl methyl sites for hydroxylation is 3. The third-order valence-corrected chi connectivity index (χ3v) is 5.67. The number of carbonyl (C=O) groups excluding carboxylic acids is 1. The molecule has 29 heavy (non-hydrogen) atoms. The molecule has 2 aromatic carbocycles. The van der Waals surface area contributed by atoms with Crippen LogP contribution in [-0.2, 0) is 4.79 Å². The summed E-state index contributed by atoms with van der Waals surface area (Å²) in [6.45, 7) is 13.6. The van der Waals surface area contributed by atoms with Crippen molar-refractivity contribution in [3.05, 3.63) is 58.7 Å². The van der Waals surface area contributed by atoms with E-state index in [4.69, 9.17) is 4.74 Å². The molecule has 2 aromatic rings. The zero-order valence-electron chi connectivity index (χ0n) is 18.1. The van der Waals surface area contributed by atoms with E-state index in [1.165, 1.54) is 22.4 Å². The normalized spacial score (nSPS) is 14.7. The number of hydrogen-bond donors (Lipinski definition) is 1. The maximum Gasteiger partial charge on any atom is 0.234 e.